The Bertz CT molecular complexity index is 302. The molecule has 5 nitrogen and oxygen atoms in total. The van der Waals surface area contributed by atoms with Gasteiger partial charge in [0.05, 0.1) is 6.10 Å². The maximum absolute atomic E-state index is 10.2. The van der Waals surface area contributed by atoms with Gasteiger partial charge in [-0.25, -0.2) is 0 Å². The van der Waals surface area contributed by atoms with E-state index in [2.05, 4.69) is 33.9 Å². The van der Waals surface area contributed by atoms with Crippen molar-refractivity contribution in [2.75, 3.05) is 7.11 Å². The van der Waals surface area contributed by atoms with Gasteiger partial charge in [-0.3, -0.25) is 0 Å². The molecule has 0 unspecified atom stereocenters. The first-order valence-corrected chi connectivity index (χ1v) is 9.64. The summed E-state index contributed by atoms with van der Waals surface area (Å²) in [7, 11) is -0.605. The van der Waals surface area contributed by atoms with Crippen molar-refractivity contribution in [1.82, 2.24) is 0 Å². The van der Waals surface area contributed by atoms with E-state index in [4.69, 9.17) is 13.9 Å². The molecular formula is C13H28O5Si. The topological polar surface area (TPSA) is 68.2 Å². The van der Waals surface area contributed by atoms with Crippen LogP contribution in [0.5, 0.6) is 0 Å². The van der Waals surface area contributed by atoms with Gasteiger partial charge in [-0.15, -0.1) is 0 Å². The first kappa shape index (κ1) is 17.1. The van der Waals surface area contributed by atoms with Crippen LogP contribution in [0, 0.1) is 0 Å². The average Bonchev–Trinajstić information content (AvgIpc) is 2.27. The zero-order valence-corrected chi connectivity index (χ0v) is 14.0. The molecule has 1 fully saturated rings. The molecular weight excluding hydrogens is 264 g/mol. The Morgan fingerprint density at radius 1 is 1.11 bits per heavy atom. The van der Waals surface area contributed by atoms with Gasteiger partial charge in [0.2, 0.25) is 0 Å². The third kappa shape index (κ3) is 3.56. The van der Waals surface area contributed by atoms with Crippen LogP contribution in [0.25, 0.3) is 0 Å². The number of hydrogen-bond donors (Lipinski definition) is 2. The van der Waals surface area contributed by atoms with Crippen LogP contribution in [0.1, 0.15) is 27.7 Å². The van der Waals surface area contributed by atoms with Gasteiger partial charge < -0.3 is 24.1 Å². The number of aliphatic hydroxyl groups is 2. The Morgan fingerprint density at radius 3 is 2.05 bits per heavy atom. The summed E-state index contributed by atoms with van der Waals surface area (Å²) in [6, 6.07) is 0. The predicted octanol–water partition coefficient (Wildman–Crippen LogP) is 1.49. The van der Waals surface area contributed by atoms with Gasteiger partial charge >= 0.3 is 0 Å². The molecule has 6 heteroatoms. The van der Waals surface area contributed by atoms with Crippen molar-refractivity contribution >= 4 is 8.32 Å². The maximum Gasteiger partial charge on any atom is 0.192 e. The van der Waals surface area contributed by atoms with Gasteiger partial charge in [0.15, 0.2) is 14.6 Å². The molecule has 0 bridgehead atoms. The van der Waals surface area contributed by atoms with Gasteiger partial charge in [-0.2, -0.15) is 0 Å². The minimum atomic E-state index is -2.08. The Kier molecular flexibility index (Phi) is 5.20. The summed E-state index contributed by atoms with van der Waals surface area (Å²) < 4.78 is 16.7. The maximum atomic E-state index is 10.2. The Balaban J connectivity index is 2.90. The van der Waals surface area contributed by atoms with Gasteiger partial charge in [0.1, 0.15) is 18.3 Å². The Hall–Kier alpha value is 0.0169. The molecule has 0 saturated carbocycles. The number of aliphatic hydroxyl groups excluding tert-OH is 2. The fourth-order valence-electron chi connectivity index (χ4n) is 1.85. The van der Waals surface area contributed by atoms with Gasteiger partial charge in [0.25, 0.3) is 0 Å². The van der Waals surface area contributed by atoms with E-state index in [1.807, 2.05) is 0 Å². The highest BCUT2D eigenvalue weighted by molar-refractivity contribution is 6.74. The second kappa shape index (κ2) is 5.79. The minimum absolute atomic E-state index is 0.0105. The second-order valence-corrected chi connectivity index (χ2v) is 11.5. The molecule has 0 aromatic carbocycles. The molecule has 0 radical (unpaired) electrons. The summed E-state index contributed by atoms with van der Waals surface area (Å²) in [6.45, 7) is 12.3. The second-order valence-electron chi connectivity index (χ2n) is 6.77. The van der Waals surface area contributed by atoms with E-state index in [1.54, 1.807) is 6.92 Å². The lowest BCUT2D eigenvalue weighted by Crippen LogP contribution is -2.61. The molecule has 19 heavy (non-hydrogen) atoms. The molecule has 0 aromatic rings. The first-order chi connectivity index (χ1) is 8.51. The smallest absolute Gasteiger partial charge is 0.192 e. The molecule has 1 aliphatic heterocycles. The number of ether oxygens (including phenoxy) is 2. The fourth-order valence-corrected chi connectivity index (χ4v) is 3.16. The molecule has 5 atom stereocenters. The molecule has 0 aliphatic carbocycles. The fraction of sp³-hybridized carbons (Fsp3) is 1.00. The van der Waals surface area contributed by atoms with E-state index >= 15 is 0 Å². The van der Waals surface area contributed by atoms with Crippen LogP contribution in [0.3, 0.4) is 0 Å². The summed E-state index contributed by atoms with van der Waals surface area (Å²) in [5.41, 5.74) is 0. The van der Waals surface area contributed by atoms with E-state index in [9.17, 15) is 10.2 Å². The molecule has 0 spiro atoms. The van der Waals surface area contributed by atoms with Crippen LogP contribution in [-0.4, -0.2) is 56.3 Å². The van der Waals surface area contributed by atoms with E-state index in [-0.39, 0.29) is 5.04 Å². The third-order valence-corrected chi connectivity index (χ3v) is 8.72. The highest BCUT2D eigenvalue weighted by Gasteiger charge is 2.48. The summed E-state index contributed by atoms with van der Waals surface area (Å²) in [4.78, 5) is 0. The van der Waals surface area contributed by atoms with Crippen LogP contribution in [-0.2, 0) is 13.9 Å². The lowest BCUT2D eigenvalue weighted by molar-refractivity contribution is -0.283. The molecule has 114 valence electrons. The van der Waals surface area contributed by atoms with Crippen LogP contribution in [0.15, 0.2) is 0 Å². The Labute approximate surface area is 117 Å². The normalized spacial score (nSPS) is 37.4. The van der Waals surface area contributed by atoms with Crippen LogP contribution >= 0.6 is 0 Å². The predicted molar refractivity (Wildman–Crippen MR) is 75.4 cm³/mol. The molecule has 0 aromatic heterocycles. The molecule has 2 N–H and O–H groups in total. The van der Waals surface area contributed by atoms with Gasteiger partial charge in [-0.05, 0) is 25.1 Å². The van der Waals surface area contributed by atoms with Crippen LogP contribution < -0.4 is 0 Å². The quantitative estimate of drug-likeness (QED) is 0.771. The van der Waals surface area contributed by atoms with Crippen molar-refractivity contribution in [1.29, 1.82) is 0 Å². The largest absolute Gasteiger partial charge is 0.408 e. The highest BCUT2D eigenvalue weighted by atomic mass is 28.4. The summed E-state index contributed by atoms with van der Waals surface area (Å²) in [5.74, 6) is 0. The standard InChI is InChI=1S/C13H28O5Si/c1-8-9(14)11(10(15)12(16-5)17-8)18-19(6,7)13(2,3)4/h8-12,14-15H,1-7H3/t8-,9-,10+,11+,12+/m0/s1. The lowest BCUT2D eigenvalue weighted by Gasteiger charge is -2.46. The SMILES string of the molecule is CO[C@@H]1O[C@@H](C)[C@H](O)[C@@H](O[Si](C)(C)C(C)(C)C)[C@H]1O. The third-order valence-electron chi connectivity index (χ3n) is 4.25. The van der Waals surface area contributed by atoms with Crippen molar-refractivity contribution in [3.8, 4) is 0 Å². The summed E-state index contributed by atoms with van der Waals surface area (Å²) in [6.07, 6.45) is -3.69. The first-order valence-electron chi connectivity index (χ1n) is 6.73. The van der Waals surface area contributed by atoms with Crippen LogP contribution in [0.2, 0.25) is 18.1 Å². The number of hydrogen-bond acceptors (Lipinski definition) is 5. The van der Waals surface area contributed by atoms with E-state index < -0.39 is 39.0 Å². The van der Waals surface area contributed by atoms with Crippen molar-refractivity contribution in [2.24, 2.45) is 0 Å². The number of methoxy groups -OCH3 is 1. The highest BCUT2D eigenvalue weighted by Crippen LogP contribution is 2.39. The molecule has 1 saturated heterocycles. The number of rotatable bonds is 3. The Morgan fingerprint density at radius 2 is 1.63 bits per heavy atom. The van der Waals surface area contributed by atoms with Crippen molar-refractivity contribution < 1.29 is 24.1 Å². The summed E-state index contributed by atoms with van der Waals surface area (Å²) >= 11 is 0. The lowest BCUT2D eigenvalue weighted by atomic mass is 10.0. The van der Waals surface area contributed by atoms with E-state index in [0.717, 1.165) is 0 Å². The van der Waals surface area contributed by atoms with E-state index in [0.29, 0.717) is 0 Å². The molecule has 1 aliphatic rings. The zero-order chi connectivity index (χ0) is 15.0. The molecule has 0 amide bonds. The van der Waals surface area contributed by atoms with Crippen LogP contribution in [0.4, 0.5) is 0 Å². The van der Waals surface area contributed by atoms with Gasteiger partial charge in [0, 0.05) is 7.11 Å². The van der Waals surface area contributed by atoms with Crippen molar-refractivity contribution in [2.45, 2.75) is 76.5 Å². The molecule has 1 heterocycles. The zero-order valence-electron chi connectivity index (χ0n) is 13.0. The monoisotopic (exact) mass is 292 g/mol. The summed E-state index contributed by atoms with van der Waals surface area (Å²) in [5, 5.41) is 20.5. The van der Waals surface area contributed by atoms with E-state index in [1.165, 1.54) is 7.11 Å². The van der Waals surface area contributed by atoms with Crippen molar-refractivity contribution in [3.63, 3.8) is 0 Å². The average molecular weight is 292 g/mol. The van der Waals surface area contributed by atoms with Gasteiger partial charge in [-0.1, -0.05) is 20.8 Å². The molecule has 1 rings (SSSR count). The minimum Gasteiger partial charge on any atom is -0.408 e. The van der Waals surface area contributed by atoms with Crippen molar-refractivity contribution in [3.05, 3.63) is 0 Å².